The van der Waals surface area contributed by atoms with Crippen molar-refractivity contribution in [3.05, 3.63) is 52.3 Å². The molecule has 1 aromatic carbocycles. The lowest BCUT2D eigenvalue weighted by Gasteiger charge is -2.17. The van der Waals surface area contributed by atoms with E-state index >= 15 is 0 Å². The average Bonchev–Trinajstić information content (AvgIpc) is 2.65. The number of hydrazine groups is 1. The van der Waals surface area contributed by atoms with Crippen molar-refractivity contribution in [1.82, 2.24) is 15.2 Å². The second kappa shape index (κ2) is 4.87. The molecule has 0 aliphatic carbocycles. The average molecular weight is 251 g/mol. The van der Waals surface area contributed by atoms with Gasteiger partial charge in [-0.05, 0) is 36.2 Å². The summed E-state index contributed by atoms with van der Waals surface area (Å²) >= 11 is 6.06. The minimum Gasteiger partial charge on any atom is -0.271 e. The first-order chi connectivity index (χ1) is 8.11. The number of nitrogens with two attached hydrogens (primary N) is 1. The Morgan fingerprint density at radius 1 is 1.41 bits per heavy atom. The van der Waals surface area contributed by atoms with Crippen molar-refractivity contribution in [3.63, 3.8) is 0 Å². The lowest BCUT2D eigenvalue weighted by atomic mass is 10.0. The Morgan fingerprint density at radius 2 is 2.18 bits per heavy atom. The van der Waals surface area contributed by atoms with E-state index in [1.54, 1.807) is 10.9 Å². The van der Waals surface area contributed by atoms with Crippen LogP contribution in [0.2, 0.25) is 5.02 Å². The van der Waals surface area contributed by atoms with Crippen molar-refractivity contribution < 1.29 is 0 Å². The van der Waals surface area contributed by atoms with Crippen LogP contribution in [0, 0.1) is 6.92 Å². The molecule has 1 heterocycles. The van der Waals surface area contributed by atoms with Crippen LogP contribution >= 0.6 is 11.6 Å². The highest BCUT2D eigenvalue weighted by Gasteiger charge is 2.16. The maximum Gasteiger partial charge on any atom is 0.0878 e. The van der Waals surface area contributed by atoms with Gasteiger partial charge in [-0.25, -0.2) is 5.43 Å². The zero-order chi connectivity index (χ0) is 12.4. The van der Waals surface area contributed by atoms with Crippen molar-refractivity contribution >= 4 is 11.6 Å². The Labute approximate surface area is 105 Å². The third-order valence-electron chi connectivity index (χ3n) is 2.72. The lowest BCUT2D eigenvalue weighted by molar-refractivity contribution is 0.575. The Bertz CT molecular complexity index is 501. The van der Waals surface area contributed by atoms with E-state index in [0.29, 0.717) is 5.02 Å². The molecule has 1 aromatic heterocycles. The molecule has 4 nitrogen and oxygen atoms in total. The number of rotatable bonds is 3. The summed E-state index contributed by atoms with van der Waals surface area (Å²) in [6.07, 6.45) is 1.75. The summed E-state index contributed by atoms with van der Waals surface area (Å²) in [7, 11) is 1.89. The van der Waals surface area contributed by atoms with Gasteiger partial charge >= 0.3 is 0 Å². The number of nitrogens with zero attached hydrogens (tertiary/aromatic N) is 2. The van der Waals surface area contributed by atoms with E-state index in [-0.39, 0.29) is 6.04 Å². The summed E-state index contributed by atoms with van der Waals surface area (Å²) in [5.74, 6) is 5.63. The van der Waals surface area contributed by atoms with Gasteiger partial charge in [0.15, 0.2) is 0 Å². The second-order valence-electron chi connectivity index (χ2n) is 4.04. The van der Waals surface area contributed by atoms with Gasteiger partial charge in [0.2, 0.25) is 0 Å². The molecule has 17 heavy (non-hydrogen) atoms. The van der Waals surface area contributed by atoms with E-state index < -0.39 is 0 Å². The maximum atomic E-state index is 6.06. The highest BCUT2D eigenvalue weighted by molar-refractivity contribution is 6.30. The molecule has 0 fully saturated rings. The van der Waals surface area contributed by atoms with Gasteiger partial charge in [0, 0.05) is 18.3 Å². The summed E-state index contributed by atoms with van der Waals surface area (Å²) in [6, 6.07) is 7.71. The highest BCUT2D eigenvalue weighted by atomic mass is 35.5. The fraction of sp³-hybridized carbons (Fsp3) is 0.250. The molecule has 3 N–H and O–H groups in total. The van der Waals surface area contributed by atoms with Gasteiger partial charge < -0.3 is 0 Å². The van der Waals surface area contributed by atoms with Crippen molar-refractivity contribution in [2.24, 2.45) is 12.9 Å². The van der Waals surface area contributed by atoms with Gasteiger partial charge in [0.1, 0.15) is 0 Å². The van der Waals surface area contributed by atoms with Crippen molar-refractivity contribution in [2.45, 2.75) is 13.0 Å². The minimum absolute atomic E-state index is 0.111. The first kappa shape index (κ1) is 12.1. The molecule has 1 unspecified atom stereocenters. The zero-order valence-corrected chi connectivity index (χ0v) is 10.6. The molecule has 0 saturated carbocycles. The van der Waals surface area contributed by atoms with E-state index in [1.807, 2.05) is 32.2 Å². The second-order valence-corrected chi connectivity index (χ2v) is 4.48. The summed E-state index contributed by atoms with van der Waals surface area (Å²) < 4.78 is 1.79. The molecule has 0 bridgehead atoms. The van der Waals surface area contributed by atoms with Crippen LogP contribution < -0.4 is 11.3 Å². The van der Waals surface area contributed by atoms with Crippen molar-refractivity contribution in [2.75, 3.05) is 0 Å². The predicted octanol–water partition coefficient (Wildman–Crippen LogP) is 1.93. The predicted molar refractivity (Wildman–Crippen MR) is 68.6 cm³/mol. The fourth-order valence-corrected chi connectivity index (χ4v) is 2.25. The molecular weight excluding hydrogens is 236 g/mol. The monoisotopic (exact) mass is 250 g/mol. The number of aryl methyl sites for hydroxylation is 2. The third kappa shape index (κ3) is 2.49. The SMILES string of the molecule is Cc1cc(Cl)cc(C(NN)c2ccnn2C)c1. The smallest absolute Gasteiger partial charge is 0.0878 e. The summed E-state index contributed by atoms with van der Waals surface area (Å²) in [5.41, 5.74) is 5.93. The van der Waals surface area contributed by atoms with Crippen molar-refractivity contribution in [1.29, 1.82) is 0 Å². The van der Waals surface area contributed by atoms with Gasteiger partial charge in [-0.2, -0.15) is 5.10 Å². The normalized spacial score (nSPS) is 12.7. The summed E-state index contributed by atoms with van der Waals surface area (Å²) in [5, 5.41) is 4.85. The first-order valence-corrected chi connectivity index (χ1v) is 5.70. The Morgan fingerprint density at radius 3 is 2.71 bits per heavy atom. The Kier molecular flexibility index (Phi) is 3.47. The van der Waals surface area contributed by atoms with E-state index in [1.165, 1.54) is 0 Å². The maximum absolute atomic E-state index is 6.06. The van der Waals surface area contributed by atoms with Crippen LogP contribution in [-0.4, -0.2) is 9.78 Å². The van der Waals surface area contributed by atoms with Crippen LogP contribution in [0.25, 0.3) is 0 Å². The van der Waals surface area contributed by atoms with Gasteiger partial charge in [0.25, 0.3) is 0 Å². The largest absolute Gasteiger partial charge is 0.271 e. The van der Waals surface area contributed by atoms with Gasteiger partial charge in [0.05, 0.1) is 11.7 Å². The lowest BCUT2D eigenvalue weighted by Crippen LogP contribution is -2.30. The van der Waals surface area contributed by atoms with Crippen molar-refractivity contribution in [3.8, 4) is 0 Å². The molecule has 0 saturated heterocycles. The van der Waals surface area contributed by atoms with Crippen LogP contribution in [0.4, 0.5) is 0 Å². The number of halogens is 1. The van der Waals surface area contributed by atoms with Gasteiger partial charge in [-0.3, -0.25) is 10.5 Å². The van der Waals surface area contributed by atoms with E-state index in [2.05, 4.69) is 16.6 Å². The zero-order valence-electron chi connectivity index (χ0n) is 9.81. The molecule has 90 valence electrons. The molecular formula is C12H15ClN4. The molecule has 2 aromatic rings. The van der Waals surface area contributed by atoms with Crippen LogP contribution in [0.1, 0.15) is 22.9 Å². The first-order valence-electron chi connectivity index (χ1n) is 5.33. The standard InChI is InChI=1S/C12H15ClN4/c1-8-5-9(7-10(13)6-8)12(16-14)11-3-4-15-17(11)2/h3-7,12,16H,14H2,1-2H3. The summed E-state index contributed by atoms with van der Waals surface area (Å²) in [4.78, 5) is 0. The molecule has 0 aliphatic rings. The molecule has 1 atom stereocenters. The fourth-order valence-electron chi connectivity index (χ4n) is 1.95. The molecule has 2 rings (SSSR count). The quantitative estimate of drug-likeness (QED) is 0.647. The van der Waals surface area contributed by atoms with Crippen LogP contribution in [-0.2, 0) is 7.05 Å². The molecule has 0 aliphatic heterocycles. The van der Waals surface area contributed by atoms with Crippen LogP contribution in [0.5, 0.6) is 0 Å². The summed E-state index contributed by atoms with van der Waals surface area (Å²) in [6.45, 7) is 2.01. The Balaban J connectivity index is 2.45. The number of benzene rings is 1. The Hall–Kier alpha value is -1.36. The van der Waals surface area contributed by atoms with Gasteiger partial charge in [-0.15, -0.1) is 0 Å². The molecule has 0 spiro atoms. The third-order valence-corrected chi connectivity index (χ3v) is 2.94. The number of aromatic nitrogens is 2. The van der Waals surface area contributed by atoms with E-state index in [4.69, 9.17) is 17.4 Å². The number of hydrogen-bond donors (Lipinski definition) is 2. The highest BCUT2D eigenvalue weighted by Crippen LogP contribution is 2.24. The topological polar surface area (TPSA) is 55.9 Å². The van der Waals surface area contributed by atoms with E-state index in [9.17, 15) is 0 Å². The van der Waals surface area contributed by atoms with Gasteiger partial charge in [-0.1, -0.05) is 17.7 Å². The number of hydrogen-bond acceptors (Lipinski definition) is 3. The molecule has 5 heteroatoms. The molecule has 0 amide bonds. The molecule has 0 radical (unpaired) electrons. The van der Waals surface area contributed by atoms with Crippen LogP contribution in [0.3, 0.4) is 0 Å². The number of nitrogens with one attached hydrogen (secondary N) is 1. The van der Waals surface area contributed by atoms with Crippen LogP contribution in [0.15, 0.2) is 30.5 Å². The van der Waals surface area contributed by atoms with E-state index in [0.717, 1.165) is 16.8 Å². The minimum atomic E-state index is -0.111.